The van der Waals surface area contributed by atoms with E-state index in [2.05, 4.69) is 4.57 Å². The van der Waals surface area contributed by atoms with Crippen molar-refractivity contribution in [1.29, 1.82) is 0 Å². The molecule has 0 saturated heterocycles. The average molecular weight is 217 g/mol. The van der Waals surface area contributed by atoms with E-state index in [0.29, 0.717) is 0 Å². The number of carboxylic acid groups (broad SMARTS) is 1. The van der Waals surface area contributed by atoms with Crippen molar-refractivity contribution in [3.8, 4) is 0 Å². The molecule has 2 rings (SSSR count). The van der Waals surface area contributed by atoms with Crippen LogP contribution in [0.3, 0.4) is 0 Å². The number of aromatic nitrogens is 1. The number of carbonyl (C=O) groups is 1. The van der Waals surface area contributed by atoms with Gasteiger partial charge in [0.15, 0.2) is 0 Å². The Hall–Kier alpha value is -1.77. The lowest BCUT2D eigenvalue weighted by atomic mass is 9.97. The van der Waals surface area contributed by atoms with Crippen molar-refractivity contribution < 1.29 is 9.90 Å². The topological polar surface area (TPSA) is 42.2 Å². The van der Waals surface area contributed by atoms with Crippen LogP contribution < -0.4 is 0 Å². The van der Waals surface area contributed by atoms with Gasteiger partial charge in [-0.3, -0.25) is 4.79 Å². The third-order valence-electron chi connectivity index (χ3n) is 3.05. The number of aliphatic carboxylic acids is 1. The fourth-order valence-electron chi connectivity index (χ4n) is 2.10. The Morgan fingerprint density at radius 3 is 2.75 bits per heavy atom. The number of nitrogens with zero attached hydrogens (tertiary/aromatic N) is 1. The Kier molecular flexibility index (Phi) is 2.46. The molecule has 1 N–H and O–H groups in total. The molecule has 0 radical (unpaired) electrons. The van der Waals surface area contributed by atoms with Crippen molar-refractivity contribution in [3.05, 3.63) is 35.5 Å². The molecule has 1 unspecified atom stereocenters. The summed E-state index contributed by atoms with van der Waals surface area (Å²) in [4.78, 5) is 10.9. The number of hydrogen-bond acceptors (Lipinski definition) is 1. The minimum atomic E-state index is -0.783. The summed E-state index contributed by atoms with van der Waals surface area (Å²) in [6.45, 7) is 3.73. The van der Waals surface area contributed by atoms with Gasteiger partial charge in [-0.2, -0.15) is 0 Å². The molecule has 0 aliphatic heterocycles. The smallest absolute Gasteiger partial charge is 0.310 e. The van der Waals surface area contributed by atoms with Crippen LogP contribution in [-0.2, 0) is 11.8 Å². The maximum absolute atomic E-state index is 10.9. The average Bonchev–Trinajstić information content (AvgIpc) is 2.59. The molecule has 84 valence electrons. The second-order valence-corrected chi connectivity index (χ2v) is 4.26. The van der Waals surface area contributed by atoms with Gasteiger partial charge in [-0.15, -0.1) is 0 Å². The van der Waals surface area contributed by atoms with Gasteiger partial charge in [0, 0.05) is 18.6 Å². The Bertz CT molecular complexity index is 554. The predicted molar refractivity (Wildman–Crippen MR) is 63.7 cm³/mol. The van der Waals surface area contributed by atoms with Crippen molar-refractivity contribution in [1.82, 2.24) is 4.57 Å². The molecule has 0 amide bonds. The van der Waals surface area contributed by atoms with Gasteiger partial charge in [0.05, 0.1) is 11.4 Å². The first-order valence-corrected chi connectivity index (χ1v) is 5.29. The third-order valence-corrected chi connectivity index (χ3v) is 3.05. The molecule has 16 heavy (non-hydrogen) atoms. The molecule has 3 nitrogen and oxygen atoms in total. The Balaban J connectivity index is 2.63. The molecule has 0 aliphatic rings. The number of fused-ring (bicyclic) bond motifs is 1. The van der Waals surface area contributed by atoms with Crippen LogP contribution in [0, 0.1) is 6.92 Å². The van der Waals surface area contributed by atoms with Gasteiger partial charge in [-0.1, -0.05) is 6.07 Å². The summed E-state index contributed by atoms with van der Waals surface area (Å²) < 4.78 is 2.06. The summed E-state index contributed by atoms with van der Waals surface area (Å²) in [6, 6.07) is 5.93. The molecule has 1 atom stereocenters. The zero-order valence-corrected chi connectivity index (χ0v) is 9.69. The van der Waals surface area contributed by atoms with Crippen molar-refractivity contribution in [2.45, 2.75) is 19.8 Å². The Labute approximate surface area is 94.3 Å². The quantitative estimate of drug-likeness (QED) is 0.840. The zero-order chi connectivity index (χ0) is 11.9. The standard InChI is InChI=1S/C13H15NO2/c1-8-6-11(9(2)13(15)16)7-10-4-5-14(3)12(8)10/h4-7,9H,1-3H3,(H,15,16). The van der Waals surface area contributed by atoms with Crippen LogP contribution in [0.1, 0.15) is 24.0 Å². The first-order valence-electron chi connectivity index (χ1n) is 5.29. The van der Waals surface area contributed by atoms with E-state index in [0.717, 1.165) is 16.5 Å². The van der Waals surface area contributed by atoms with Crippen molar-refractivity contribution >= 4 is 16.9 Å². The van der Waals surface area contributed by atoms with Gasteiger partial charge in [-0.05, 0) is 37.1 Å². The molecule has 1 heterocycles. The second-order valence-electron chi connectivity index (χ2n) is 4.26. The fraction of sp³-hybridized carbons (Fsp3) is 0.308. The second kappa shape index (κ2) is 3.67. The van der Waals surface area contributed by atoms with Crippen molar-refractivity contribution in [3.63, 3.8) is 0 Å². The van der Waals surface area contributed by atoms with Crippen molar-refractivity contribution in [2.75, 3.05) is 0 Å². The minimum absolute atomic E-state index is 0.455. The lowest BCUT2D eigenvalue weighted by molar-refractivity contribution is -0.138. The van der Waals surface area contributed by atoms with Crippen LogP contribution in [0.4, 0.5) is 0 Å². The van der Waals surface area contributed by atoms with Gasteiger partial charge in [0.2, 0.25) is 0 Å². The number of carboxylic acids is 1. The predicted octanol–water partition coefficient (Wildman–Crippen LogP) is 2.67. The number of benzene rings is 1. The lowest BCUT2D eigenvalue weighted by Gasteiger charge is -2.09. The maximum Gasteiger partial charge on any atom is 0.310 e. The monoisotopic (exact) mass is 217 g/mol. The Morgan fingerprint density at radius 1 is 1.44 bits per heavy atom. The van der Waals surface area contributed by atoms with E-state index in [4.69, 9.17) is 5.11 Å². The van der Waals surface area contributed by atoms with Crippen LogP contribution >= 0.6 is 0 Å². The molecule has 0 saturated carbocycles. The van der Waals surface area contributed by atoms with E-state index >= 15 is 0 Å². The highest BCUT2D eigenvalue weighted by Crippen LogP contribution is 2.25. The van der Waals surface area contributed by atoms with E-state index in [9.17, 15) is 4.79 Å². The first kappa shape index (κ1) is 10.7. The van der Waals surface area contributed by atoms with Gasteiger partial charge in [-0.25, -0.2) is 0 Å². The highest BCUT2D eigenvalue weighted by molar-refractivity contribution is 5.86. The fourth-order valence-corrected chi connectivity index (χ4v) is 2.10. The Morgan fingerprint density at radius 2 is 2.12 bits per heavy atom. The summed E-state index contributed by atoms with van der Waals surface area (Å²) >= 11 is 0. The number of rotatable bonds is 2. The van der Waals surface area contributed by atoms with E-state index < -0.39 is 11.9 Å². The summed E-state index contributed by atoms with van der Waals surface area (Å²) in [5.74, 6) is -1.24. The molecule has 2 aromatic rings. The maximum atomic E-state index is 10.9. The van der Waals surface area contributed by atoms with Crippen LogP contribution in [0.5, 0.6) is 0 Å². The van der Waals surface area contributed by atoms with E-state index in [1.54, 1.807) is 6.92 Å². The lowest BCUT2D eigenvalue weighted by Crippen LogP contribution is -2.07. The first-order chi connectivity index (χ1) is 7.50. The molecule has 0 aliphatic carbocycles. The molecule has 0 fully saturated rings. The molecule has 3 heteroatoms. The number of hydrogen-bond donors (Lipinski definition) is 1. The van der Waals surface area contributed by atoms with Crippen LogP contribution in [0.25, 0.3) is 10.9 Å². The molecular weight excluding hydrogens is 202 g/mol. The van der Waals surface area contributed by atoms with Crippen LogP contribution in [0.15, 0.2) is 24.4 Å². The molecule has 0 spiro atoms. The van der Waals surface area contributed by atoms with Gasteiger partial charge in [0.1, 0.15) is 0 Å². The highest BCUT2D eigenvalue weighted by atomic mass is 16.4. The summed E-state index contributed by atoms with van der Waals surface area (Å²) in [7, 11) is 2.00. The molecule has 1 aromatic heterocycles. The highest BCUT2D eigenvalue weighted by Gasteiger charge is 2.15. The number of aryl methyl sites for hydroxylation is 2. The van der Waals surface area contributed by atoms with Crippen molar-refractivity contribution in [2.24, 2.45) is 7.05 Å². The molecular formula is C13H15NO2. The third kappa shape index (κ3) is 1.58. The van der Waals surface area contributed by atoms with E-state index in [1.165, 1.54) is 5.52 Å². The van der Waals surface area contributed by atoms with Gasteiger partial charge >= 0.3 is 5.97 Å². The normalized spacial score (nSPS) is 12.9. The summed E-state index contributed by atoms with van der Waals surface area (Å²) in [5.41, 5.74) is 3.15. The largest absolute Gasteiger partial charge is 0.481 e. The zero-order valence-electron chi connectivity index (χ0n) is 9.69. The summed E-state index contributed by atoms with van der Waals surface area (Å²) in [5, 5.41) is 10.1. The molecule has 0 bridgehead atoms. The van der Waals surface area contributed by atoms with Crippen LogP contribution in [0.2, 0.25) is 0 Å². The van der Waals surface area contributed by atoms with E-state index in [-0.39, 0.29) is 0 Å². The van der Waals surface area contributed by atoms with E-state index in [1.807, 2.05) is 38.4 Å². The van der Waals surface area contributed by atoms with Gasteiger partial charge in [0.25, 0.3) is 0 Å². The molecule has 1 aromatic carbocycles. The van der Waals surface area contributed by atoms with Crippen LogP contribution in [-0.4, -0.2) is 15.6 Å². The summed E-state index contributed by atoms with van der Waals surface area (Å²) in [6.07, 6.45) is 1.99. The SMILES string of the molecule is Cc1cc(C(C)C(=O)O)cc2ccn(C)c12. The minimum Gasteiger partial charge on any atom is -0.481 e. The van der Waals surface area contributed by atoms with Gasteiger partial charge < -0.3 is 9.67 Å².